The number of fused-ring (bicyclic) bond motifs is 2. The first-order valence-electron chi connectivity index (χ1n) is 6.53. The van der Waals surface area contributed by atoms with Gasteiger partial charge in [-0.05, 0) is 37.8 Å². The Morgan fingerprint density at radius 3 is 2.16 bits per heavy atom. The highest BCUT2D eigenvalue weighted by Crippen LogP contribution is 2.41. The van der Waals surface area contributed by atoms with E-state index in [0.717, 1.165) is 37.8 Å². The highest BCUT2D eigenvalue weighted by molar-refractivity contribution is 5.55. The minimum Gasteiger partial charge on any atom is -0.361 e. The monoisotopic (exact) mass is 263 g/mol. The summed E-state index contributed by atoms with van der Waals surface area (Å²) in [4.78, 5) is 1.84. The summed E-state index contributed by atoms with van der Waals surface area (Å²) in [6, 6.07) is 4.33. The zero-order valence-electron chi connectivity index (χ0n) is 10.4. The van der Waals surface area contributed by atoms with E-state index < -0.39 is 11.6 Å². The van der Waals surface area contributed by atoms with E-state index in [9.17, 15) is 8.78 Å². The van der Waals surface area contributed by atoms with Gasteiger partial charge in [0.2, 0.25) is 0 Å². The largest absolute Gasteiger partial charge is 0.361 e. The van der Waals surface area contributed by atoms with Gasteiger partial charge in [0.1, 0.15) is 5.69 Å². The quantitative estimate of drug-likeness (QED) is 0.845. The second-order valence-corrected chi connectivity index (χ2v) is 5.42. The molecule has 100 valence electrons. The molecule has 0 saturated carbocycles. The zero-order valence-corrected chi connectivity index (χ0v) is 10.4. The Morgan fingerprint density at radius 2 is 1.68 bits per heavy atom. The van der Waals surface area contributed by atoms with Crippen LogP contribution in [0.2, 0.25) is 0 Å². The second-order valence-electron chi connectivity index (χ2n) is 5.42. The lowest BCUT2D eigenvalue weighted by atomic mass is 9.97. The Labute approximate surface area is 110 Å². The van der Waals surface area contributed by atoms with E-state index in [1.807, 2.05) is 4.90 Å². The molecule has 2 heterocycles. The maximum Gasteiger partial charge on any atom is 0.150 e. The van der Waals surface area contributed by atoms with Gasteiger partial charge in [0.05, 0.1) is 11.6 Å². The van der Waals surface area contributed by atoms with Crippen LogP contribution in [0.4, 0.5) is 14.5 Å². The minimum absolute atomic E-state index is 0.0124. The summed E-state index contributed by atoms with van der Waals surface area (Å²) in [5.41, 5.74) is 5.99. The number of benzene rings is 1. The van der Waals surface area contributed by atoms with Crippen LogP contribution in [-0.4, -0.2) is 18.1 Å². The normalized spacial score (nSPS) is 29.4. The van der Waals surface area contributed by atoms with Gasteiger partial charge < -0.3 is 10.6 Å². The summed E-state index contributed by atoms with van der Waals surface area (Å²) in [6.07, 6.45) is 3.40. The molecule has 2 bridgehead atoms. The third-order valence-corrected chi connectivity index (χ3v) is 4.17. The van der Waals surface area contributed by atoms with Crippen LogP contribution >= 0.6 is 0 Å². The van der Waals surface area contributed by atoms with Gasteiger partial charge >= 0.3 is 0 Å². The Kier molecular flexibility index (Phi) is 2.90. The van der Waals surface area contributed by atoms with Crippen molar-refractivity contribution in [2.24, 2.45) is 5.73 Å². The lowest BCUT2D eigenvalue weighted by molar-refractivity contribution is 0.404. The summed E-state index contributed by atoms with van der Waals surface area (Å²) in [5, 5.41) is 8.73. The average Bonchev–Trinajstić information content (AvgIpc) is 2.61. The van der Waals surface area contributed by atoms with Crippen LogP contribution in [-0.2, 0) is 0 Å². The topological polar surface area (TPSA) is 53.0 Å². The van der Waals surface area contributed by atoms with E-state index in [0.29, 0.717) is 0 Å². The van der Waals surface area contributed by atoms with Crippen LogP contribution in [0.15, 0.2) is 12.1 Å². The van der Waals surface area contributed by atoms with Crippen LogP contribution in [0.1, 0.15) is 31.2 Å². The molecule has 2 aliphatic rings. The molecule has 0 amide bonds. The molecule has 2 fully saturated rings. The van der Waals surface area contributed by atoms with Gasteiger partial charge in [0, 0.05) is 18.1 Å². The van der Waals surface area contributed by atoms with Crippen molar-refractivity contribution < 1.29 is 8.78 Å². The summed E-state index contributed by atoms with van der Waals surface area (Å²) >= 11 is 0. The first kappa shape index (κ1) is 12.4. The number of rotatable bonds is 1. The Bertz CT molecular complexity index is 515. The fourth-order valence-corrected chi connectivity index (χ4v) is 3.46. The summed E-state index contributed by atoms with van der Waals surface area (Å²) in [6.45, 7) is 0. The minimum atomic E-state index is -0.649. The summed E-state index contributed by atoms with van der Waals surface area (Å²) in [5.74, 6) is -1.30. The van der Waals surface area contributed by atoms with Gasteiger partial charge in [-0.3, -0.25) is 0 Å². The number of nitrogens with two attached hydrogens (primary N) is 1. The molecule has 0 spiro atoms. The summed E-state index contributed by atoms with van der Waals surface area (Å²) < 4.78 is 28.2. The number of anilines is 1. The van der Waals surface area contributed by atoms with Gasteiger partial charge in [0.15, 0.2) is 11.6 Å². The second kappa shape index (κ2) is 4.46. The highest BCUT2D eigenvalue weighted by Gasteiger charge is 2.41. The van der Waals surface area contributed by atoms with Crippen molar-refractivity contribution in [3.63, 3.8) is 0 Å². The molecule has 2 N–H and O–H groups in total. The predicted molar refractivity (Wildman–Crippen MR) is 67.6 cm³/mol. The lowest BCUT2D eigenvalue weighted by Gasteiger charge is -2.39. The third-order valence-electron chi connectivity index (χ3n) is 4.17. The predicted octanol–water partition coefficient (Wildman–Crippen LogP) is 2.29. The van der Waals surface area contributed by atoms with Gasteiger partial charge in [-0.2, -0.15) is 5.26 Å². The molecule has 3 nitrogen and oxygen atoms in total. The lowest BCUT2D eigenvalue weighted by Crippen LogP contribution is -2.48. The molecule has 2 saturated heterocycles. The molecule has 1 aromatic rings. The molecule has 2 aliphatic heterocycles. The van der Waals surface area contributed by atoms with Crippen molar-refractivity contribution in [2.45, 2.75) is 43.8 Å². The summed E-state index contributed by atoms with van der Waals surface area (Å²) in [7, 11) is 0. The molecule has 0 aromatic heterocycles. The van der Waals surface area contributed by atoms with Crippen LogP contribution in [0.25, 0.3) is 0 Å². The Balaban J connectivity index is 2.02. The van der Waals surface area contributed by atoms with E-state index in [4.69, 9.17) is 11.0 Å². The smallest absolute Gasteiger partial charge is 0.150 e. The van der Waals surface area contributed by atoms with Gasteiger partial charge in [-0.1, -0.05) is 0 Å². The third kappa shape index (κ3) is 1.96. The van der Waals surface area contributed by atoms with Gasteiger partial charge in [-0.25, -0.2) is 8.78 Å². The zero-order chi connectivity index (χ0) is 13.6. The fourth-order valence-electron chi connectivity index (χ4n) is 3.46. The number of hydrogen-bond acceptors (Lipinski definition) is 3. The molecule has 19 heavy (non-hydrogen) atoms. The molecule has 3 rings (SSSR count). The number of piperidine rings is 1. The number of nitriles is 1. The van der Waals surface area contributed by atoms with E-state index in [2.05, 4.69) is 0 Å². The molecular weight excluding hydrogens is 248 g/mol. The molecule has 0 aliphatic carbocycles. The van der Waals surface area contributed by atoms with Crippen molar-refractivity contribution >= 4 is 5.69 Å². The first-order valence-corrected chi connectivity index (χ1v) is 6.53. The number of halogens is 2. The van der Waals surface area contributed by atoms with Gasteiger partial charge in [-0.15, -0.1) is 0 Å². The van der Waals surface area contributed by atoms with Crippen LogP contribution < -0.4 is 10.6 Å². The average molecular weight is 263 g/mol. The molecule has 2 unspecified atom stereocenters. The van der Waals surface area contributed by atoms with Crippen molar-refractivity contribution in [3.05, 3.63) is 29.3 Å². The molecular formula is C14H15F2N3. The first-order chi connectivity index (χ1) is 9.10. The van der Waals surface area contributed by atoms with Crippen LogP contribution in [0, 0.1) is 23.0 Å². The molecule has 5 heteroatoms. The number of nitrogens with zero attached hydrogens (tertiary/aromatic N) is 2. The molecule has 2 atom stereocenters. The standard InChI is InChI=1S/C14H15F2N3/c15-12-3-8(7-17)4-13(16)14(12)19-10-1-2-11(19)6-9(18)5-10/h3-4,9-11H,1-2,5-6,18H2. The van der Waals surface area contributed by atoms with Crippen molar-refractivity contribution in [1.29, 1.82) is 5.26 Å². The van der Waals surface area contributed by atoms with Gasteiger partial charge in [0.25, 0.3) is 0 Å². The van der Waals surface area contributed by atoms with E-state index in [-0.39, 0.29) is 29.4 Å². The number of hydrogen-bond donors (Lipinski definition) is 1. The van der Waals surface area contributed by atoms with Crippen molar-refractivity contribution in [3.8, 4) is 6.07 Å². The van der Waals surface area contributed by atoms with E-state index in [1.165, 1.54) is 0 Å². The van der Waals surface area contributed by atoms with Crippen molar-refractivity contribution in [2.75, 3.05) is 4.90 Å². The van der Waals surface area contributed by atoms with E-state index >= 15 is 0 Å². The Hall–Kier alpha value is -1.67. The Morgan fingerprint density at radius 1 is 1.16 bits per heavy atom. The maximum absolute atomic E-state index is 14.1. The van der Waals surface area contributed by atoms with Crippen LogP contribution in [0.3, 0.4) is 0 Å². The highest BCUT2D eigenvalue weighted by atomic mass is 19.1. The fraction of sp³-hybridized carbons (Fsp3) is 0.500. The van der Waals surface area contributed by atoms with E-state index in [1.54, 1.807) is 6.07 Å². The molecule has 0 radical (unpaired) electrons. The SMILES string of the molecule is N#Cc1cc(F)c(N2C3CCC2CC(N)C3)c(F)c1. The maximum atomic E-state index is 14.1. The van der Waals surface area contributed by atoms with Crippen molar-refractivity contribution in [1.82, 2.24) is 0 Å². The molecule has 1 aromatic carbocycles. The van der Waals surface area contributed by atoms with Crippen LogP contribution in [0.5, 0.6) is 0 Å².